The van der Waals surface area contributed by atoms with Crippen molar-refractivity contribution in [3.63, 3.8) is 0 Å². The Kier molecular flexibility index (Phi) is 8.13. The van der Waals surface area contributed by atoms with Gasteiger partial charge in [-0.05, 0) is 36.8 Å². The van der Waals surface area contributed by atoms with Gasteiger partial charge in [-0.1, -0.05) is 84.4 Å². The van der Waals surface area contributed by atoms with Gasteiger partial charge >= 0.3 is 0 Å². The Balaban J connectivity index is 1.51. The van der Waals surface area contributed by atoms with Gasteiger partial charge < -0.3 is 10.6 Å². The number of anilines is 2. The molecule has 0 unspecified atom stereocenters. The SMILES string of the molecule is Cc1ccc(NC(=O)c2ccccc2NC(=O)CS(=O)(=O)Cc2ccccc2)c(C(=O)c2ccccc2)c1. The van der Waals surface area contributed by atoms with Crippen molar-refractivity contribution >= 4 is 38.8 Å². The van der Waals surface area contributed by atoms with E-state index in [1.54, 1.807) is 84.9 Å². The van der Waals surface area contributed by atoms with Gasteiger partial charge in [-0.25, -0.2) is 8.42 Å². The summed E-state index contributed by atoms with van der Waals surface area (Å²) in [6, 6.07) is 28.8. The molecule has 0 aliphatic heterocycles. The minimum absolute atomic E-state index is 0.125. The third kappa shape index (κ3) is 6.80. The zero-order valence-corrected chi connectivity index (χ0v) is 21.5. The quantitative estimate of drug-likeness (QED) is 0.297. The number of carbonyl (C=O) groups excluding carboxylic acids is 3. The van der Waals surface area contributed by atoms with E-state index in [1.165, 1.54) is 12.1 Å². The van der Waals surface area contributed by atoms with Gasteiger partial charge in [0.2, 0.25) is 5.91 Å². The lowest BCUT2D eigenvalue weighted by Gasteiger charge is -2.14. The number of hydrogen-bond acceptors (Lipinski definition) is 5. The van der Waals surface area contributed by atoms with Gasteiger partial charge in [-0.2, -0.15) is 0 Å². The second-order valence-electron chi connectivity index (χ2n) is 8.81. The van der Waals surface area contributed by atoms with Crippen molar-refractivity contribution in [1.29, 1.82) is 0 Å². The summed E-state index contributed by atoms with van der Waals surface area (Å²) in [7, 11) is -3.73. The van der Waals surface area contributed by atoms with Crippen LogP contribution < -0.4 is 10.6 Å². The van der Waals surface area contributed by atoms with Crippen molar-refractivity contribution in [3.05, 3.63) is 131 Å². The van der Waals surface area contributed by atoms with Gasteiger partial charge in [0.15, 0.2) is 15.6 Å². The van der Waals surface area contributed by atoms with Gasteiger partial charge in [-0.15, -0.1) is 0 Å². The summed E-state index contributed by atoms with van der Waals surface area (Å²) in [6.07, 6.45) is 0. The Bertz CT molecular complexity index is 1580. The molecule has 4 rings (SSSR count). The molecule has 0 aromatic heterocycles. The summed E-state index contributed by atoms with van der Waals surface area (Å²) in [5, 5.41) is 5.32. The number of benzene rings is 4. The van der Waals surface area contributed by atoms with Crippen LogP contribution in [0.15, 0.2) is 103 Å². The first-order valence-electron chi connectivity index (χ1n) is 11.9. The average Bonchev–Trinajstić information content (AvgIpc) is 2.90. The highest BCUT2D eigenvalue weighted by molar-refractivity contribution is 7.91. The van der Waals surface area contributed by atoms with E-state index in [1.807, 2.05) is 13.0 Å². The zero-order valence-electron chi connectivity index (χ0n) is 20.7. The Hall–Kier alpha value is -4.56. The van der Waals surface area contributed by atoms with Gasteiger partial charge in [0.1, 0.15) is 5.75 Å². The molecular weight excluding hydrogens is 500 g/mol. The van der Waals surface area contributed by atoms with Crippen molar-refractivity contribution in [3.8, 4) is 0 Å². The molecular formula is C30H26N2O5S. The highest BCUT2D eigenvalue weighted by atomic mass is 32.2. The summed E-state index contributed by atoms with van der Waals surface area (Å²) in [5.74, 6) is -2.55. The Morgan fingerprint density at radius 1 is 0.684 bits per heavy atom. The zero-order chi connectivity index (χ0) is 27.1. The van der Waals surface area contributed by atoms with Crippen molar-refractivity contribution < 1.29 is 22.8 Å². The van der Waals surface area contributed by atoms with E-state index in [0.717, 1.165) is 5.56 Å². The summed E-state index contributed by atoms with van der Waals surface area (Å²) in [6.45, 7) is 1.85. The molecule has 192 valence electrons. The molecule has 0 atom stereocenters. The molecule has 2 amide bonds. The Morgan fingerprint density at radius 3 is 2.00 bits per heavy atom. The molecule has 4 aromatic carbocycles. The van der Waals surface area contributed by atoms with E-state index >= 15 is 0 Å². The van der Waals surface area contributed by atoms with Crippen LogP contribution in [-0.4, -0.2) is 31.8 Å². The van der Waals surface area contributed by atoms with Gasteiger partial charge in [0.25, 0.3) is 5.91 Å². The molecule has 0 saturated heterocycles. The summed E-state index contributed by atoms with van der Waals surface area (Å²) < 4.78 is 25.1. The molecule has 38 heavy (non-hydrogen) atoms. The maximum absolute atomic E-state index is 13.2. The fourth-order valence-corrected chi connectivity index (χ4v) is 5.22. The summed E-state index contributed by atoms with van der Waals surface area (Å²) in [5.41, 5.74) is 2.86. The van der Waals surface area contributed by atoms with E-state index in [4.69, 9.17) is 0 Å². The van der Waals surface area contributed by atoms with Crippen molar-refractivity contribution in [1.82, 2.24) is 0 Å². The molecule has 0 radical (unpaired) electrons. The molecule has 0 bridgehead atoms. The minimum Gasteiger partial charge on any atom is -0.324 e. The van der Waals surface area contributed by atoms with Crippen LogP contribution in [0.5, 0.6) is 0 Å². The van der Waals surface area contributed by atoms with E-state index < -0.39 is 27.4 Å². The fraction of sp³-hybridized carbons (Fsp3) is 0.100. The largest absolute Gasteiger partial charge is 0.324 e. The molecule has 0 fully saturated rings. The number of rotatable bonds is 9. The Morgan fingerprint density at radius 2 is 1.29 bits per heavy atom. The van der Waals surface area contributed by atoms with Crippen molar-refractivity contribution in [2.24, 2.45) is 0 Å². The van der Waals surface area contributed by atoms with Crippen LogP contribution in [0.25, 0.3) is 0 Å². The number of aryl methyl sites for hydroxylation is 1. The molecule has 4 aromatic rings. The predicted octanol–water partition coefficient (Wildman–Crippen LogP) is 5.03. The fourth-order valence-electron chi connectivity index (χ4n) is 3.94. The number of carbonyl (C=O) groups is 3. The average molecular weight is 527 g/mol. The molecule has 0 saturated carbocycles. The minimum atomic E-state index is -3.73. The number of ketones is 1. The summed E-state index contributed by atoms with van der Waals surface area (Å²) >= 11 is 0. The molecule has 0 aliphatic carbocycles. The first-order valence-corrected chi connectivity index (χ1v) is 13.7. The number of nitrogens with one attached hydrogen (secondary N) is 2. The number of hydrogen-bond donors (Lipinski definition) is 2. The number of amides is 2. The highest BCUT2D eigenvalue weighted by Gasteiger charge is 2.21. The lowest BCUT2D eigenvalue weighted by molar-refractivity contribution is -0.113. The van der Waals surface area contributed by atoms with Gasteiger partial charge in [0, 0.05) is 11.1 Å². The monoisotopic (exact) mass is 526 g/mol. The number of sulfone groups is 1. The van der Waals surface area contributed by atoms with E-state index in [-0.39, 0.29) is 22.8 Å². The van der Waals surface area contributed by atoms with E-state index in [2.05, 4.69) is 10.6 Å². The first kappa shape index (κ1) is 26.5. The van der Waals surface area contributed by atoms with Crippen LogP contribution in [-0.2, 0) is 20.4 Å². The standard InChI is InChI=1S/C30H26N2O5S/c1-21-16-17-27(25(18-21)29(34)23-12-6-3-7-13-23)32-30(35)24-14-8-9-15-26(24)31-28(33)20-38(36,37)19-22-10-4-2-5-11-22/h2-18H,19-20H2,1H3,(H,31,33)(H,32,35). The van der Waals surface area contributed by atoms with Crippen LogP contribution in [0.2, 0.25) is 0 Å². The third-order valence-electron chi connectivity index (χ3n) is 5.73. The van der Waals surface area contributed by atoms with Crippen LogP contribution in [0.4, 0.5) is 11.4 Å². The van der Waals surface area contributed by atoms with Crippen molar-refractivity contribution in [2.45, 2.75) is 12.7 Å². The second-order valence-corrected chi connectivity index (χ2v) is 10.9. The second kappa shape index (κ2) is 11.7. The van der Waals surface area contributed by atoms with Gasteiger partial charge in [-0.3, -0.25) is 14.4 Å². The molecule has 0 spiro atoms. The topological polar surface area (TPSA) is 109 Å². The van der Waals surface area contributed by atoms with Crippen LogP contribution in [0.1, 0.15) is 37.4 Å². The smallest absolute Gasteiger partial charge is 0.257 e. The maximum atomic E-state index is 13.2. The maximum Gasteiger partial charge on any atom is 0.257 e. The highest BCUT2D eigenvalue weighted by Crippen LogP contribution is 2.24. The lowest BCUT2D eigenvalue weighted by Crippen LogP contribution is -2.25. The molecule has 0 heterocycles. The predicted molar refractivity (Wildman–Crippen MR) is 148 cm³/mol. The normalized spacial score (nSPS) is 11.0. The van der Waals surface area contributed by atoms with Crippen LogP contribution in [0, 0.1) is 6.92 Å². The lowest BCUT2D eigenvalue weighted by atomic mass is 9.99. The molecule has 7 nitrogen and oxygen atoms in total. The molecule has 0 aliphatic rings. The number of para-hydroxylation sites is 1. The summed E-state index contributed by atoms with van der Waals surface area (Å²) in [4.78, 5) is 39.0. The van der Waals surface area contributed by atoms with Crippen LogP contribution >= 0.6 is 0 Å². The first-order chi connectivity index (χ1) is 18.2. The van der Waals surface area contributed by atoms with E-state index in [9.17, 15) is 22.8 Å². The van der Waals surface area contributed by atoms with Gasteiger partial charge in [0.05, 0.1) is 22.7 Å². The third-order valence-corrected chi connectivity index (χ3v) is 7.21. The van der Waals surface area contributed by atoms with Crippen LogP contribution in [0.3, 0.4) is 0 Å². The molecule has 2 N–H and O–H groups in total. The Labute approximate surface area is 221 Å². The van der Waals surface area contributed by atoms with E-state index in [0.29, 0.717) is 22.4 Å². The van der Waals surface area contributed by atoms with Crippen molar-refractivity contribution in [2.75, 3.05) is 16.4 Å². The molecule has 8 heteroatoms.